The average Bonchev–Trinajstić information content (AvgIpc) is 2.88. The number of nitro groups is 1. The number of nitrogens with zero attached hydrogens (tertiary/aromatic N) is 4. The largest absolute Gasteiger partial charge is 0.485 e. The Labute approximate surface area is 198 Å². The van der Waals surface area contributed by atoms with Crippen molar-refractivity contribution in [1.29, 1.82) is 0 Å². The Kier molecular flexibility index (Phi) is 6.66. The Morgan fingerprint density at radius 3 is 2.43 bits per heavy atom. The molecule has 2 aromatic rings. The van der Waals surface area contributed by atoms with Crippen molar-refractivity contribution in [2.75, 3.05) is 39.9 Å². The fourth-order valence-electron chi connectivity index (χ4n) is 3.86. The molecular weight excluding hydrogens is 464 g/mol. The molecule has 13 nitrogen and oxygen atoms in total. The summed E-state index contributed by atoms with van der Waals surface area (Å²) in [6.07, 6.45) is 0.109. The molecule has 0 spiro atoms. The van der Waals surface area contributed by atoms with Crippen LogP contribution in [0.25, 0.3) is 0 Å². The predicted octanol–water partition coefficient (Wildman–Crippen LogP) is 0.0539. The number of carbonyl (C=O) groups excluding carboxylic acids is 3. The molecule has 2 amide bonds. The minimum Gasteiger partial charge on any atom is -0.485 e. The number of aromatic nitrogens is 1. The smallest absolute Gasteiger partial charge is 0.343 e. The Morgan fingerprint density at radius 1 is 1.11 bits per heavy atom. The van der Waals surface area contributed by atoms with Crippen molar-refractivity contribution in [3.8, 4) is 11.5 Å². The number of hydrogen-bond donors (Lipinski definition) is 0. The van der Waals surface area contributed by atoms with E-state index >= 15 is 0 Å². The molecule has 13 heteroatoms. The van der Waals surface area contributed by atoms with Crippen LogP contribution in [0, 0.1) is 10.1 Å². The van der Waals surface area contributed by atoms with E-state index in [4.69, 9.17) is 9.47 Å². The number of ether oxygens (including phenoxy) is 3. The number of fused-ring (bicyclic) bond motifs is 1. The van der Waals surface area contributed by atoms with Crippen LogP contribution in [0.15, 0.2) is 41.3 Å². The average molecular weight is 486 g/mol. The molecule has 184 valence electrons. The zero-order valence-electron chi connectivity index (χ0n) is 18.7. The summed E-state index contributed by atoms with van der Waals surface area (Å²) in [6.45, 7) is 0.444. The molecular formula is C22H22N4O9. The van der Waals surface area contributed by atoms with Gasteiger partial charge in [0.15, 0.2) is 11.5 Å². The first kappa shape index (κ1) is 23.7. The Bertz CT molecular complexity index is 1230. The van der Waals surface area contributed by atoms with E-state index in [1.165, 1.54) is 4.90 Å². The maximum absolute atomic E-state index is 12.9. The number of carbonyl (C=O) groups is 3. The van der Waals surface area contributed by atoms with E-state index in [9.17, 15) is 29.3 Å². The summed E-state index contributed by atoms with van der Waals surface area (Å²) in [6, 6.07) is 7.86. The van der Waals surface area contributed by atoms with E-state index in [-0.39, 0.29) is 38.7 Å². The third-order valence-electron chi connectivity index (χ3n) is 5.72. The van der Waals surface area contributed by atoms with Crippen molar-refractivity contribution >= 4 is 23.5 Å². The molecule has 2 aliphatic heterocycles. The lowest BCUT2D eigenvalue weighted by molar-refractivity contribution is -0.385. The molecule has 1 aromatic heterocycles. The van der Waals surface area contributed by atoms with Crippen LogP contribution in [-0.2, 0) is 20.9 Å². The molecule has 1 fully saturated rings. The molecule has 1 saturated heterocycles. The molecule has 0 radical (unpaired) electrons. The highest BCUT2D eigenvalue weighted by Crippen LogP contribution is 2.31. The summed E-state index contributed by atoms with van der Waals surface area (Å²) in [4.78, 5) is 63.5. The van der Waals surface area contributed by atoms with Gasteiger partial charge in [-0.1, -0.05) is 12.1 Å². The van der Waals surface area contributed by atoms with Crippen LogP contribution in [0.2, 0.25) is 0 Å². The predicted molar refractivity (Wildman–Crippen MR) is 118 cm³/mol. The molecule has 0 bridgehead atoms. The van der Waals surface area contributed by atoms with Gasteiger partial charge in [-0.2, -0.15) is 0 Å². The lowest BCUT2D eigenvalue weighted by atomic mass is 10.2. The molecule has 3 heterocycles. The van der Waals surface area contributed by atoms with Gasteiger partial charge in [0.25, 0.3) is 17.2 Å². The van der Waals surface area contributed by atoms with E-state index in [0.29, 0.717) is 11.5 Å². The molecule has 0 aliphatic carbocycles. The van der Waals surface area contributed by atoms with Crippen molar-refractivity contribution < 1.29 is 33.5 Å². The number of methoxy groups -OCH3 is 1. The number of para-hydroxylation sites is 2. The lowest BCUT2D eigenvalue weighted by Crippen LogP contribution is -2.55. The standard InChI is InChI=1S/C22H22N4O9/c1-33-22(30)15-10-14(26(31)32)11-25(20(15)28)12-19(27)23-6-8-24(9-7-23)21(29)18-13-34-16-4-2-3-5-17(16)35-18/h2-5,10-11,18H,6-9,12-13H2,1H3. The van der Waals surface area contributed by atoms with Crippen molar-refractivity contribution in [3.63, 3.8) is 0 Å². The molecule has 0 saturated carbocycles. The van der Waals surface area contributed by atoms with E-state index in [0.717, 1.165) is 23.9 Å². The second-order valence-corrected chi connectivity index (χ2v) is 7.86. The number of hydrogen-bond acceptors (Lipinski definition) is 9. The van der Waals surface area contributed by atoms with Crippen molar-refractivity contribution in [1.82, 2.24) is 14.4 Å². The van der Waals surface area contributed by atoms with Crippen molar-refractivity contribution in [3.05, 3.63) is 62.6 Å². The van der Waals surface area contributed by atoms with Crippen molar-refractivity contribution in [2.45, 2.75) is 12.6 Å². The third-order valence-corrected chi connectivity index (χ3v) is 5.72. The van der Waals surface area contributed by atoms with Gasteiger partial charge in [-0.15, -0.1) is 0 Å². The quantitative estimate of drug-likeness (QED) is 0.324. The van der Waals surface area contributed by atoms with Gasteiger partial charge in [0.05, 0.1) is 18.2 Å². The van der Waals surface area contributed by atoms with Crippen LogP contribution in [0.1, 0.15) is 10.4 Å². The van der Waals surface area contributed by atoms with Gasteiger partial charge in [-0.25, -0.2) is 4.79 Å². The Hall–Kier alpha value is -4.42. The van der Waals surface area contributed by atoms with Gasteiger partial charge in [0.2, 0.25) is 12.0 Å². The van der Waals surface area contributed by atoms with Gasteiger partial charge in [0, 0.05) is 32.2 Å². The third kappa shape index (κ3) is 4.93. The van der Waals surface area contributed by atoms with Crippen LogP contribution in [0.5, 0.6) is 11.5 Å². The number of esters is 1. The van der Waals surface area contributed by atoms with E-state index < -0.39 is 46.3 Å². The lowest BCUT2D eigenvalue weighted by Gasteiger charge is -2.37. The minimum atomic E-state index is -1.04. The van der Waals surface area contributed by atoms with Crippen LogP contribution >= 0.6 is 0 Å². The number of piperazine rings is 1. The molecule has 1 atom stereocenters. The summed E-state index contributed by atoms with van der Waals surface area (Å²) in [7, 11) is 1.04. The second kappa shape index (κ2) is 9.83. The summed E-state index contributed by atoms with van der Waals surface area (Å²) in [5, 5.41) is 11.2. The Balaban J connectivity index is 1.39. The normalized spacial score (nSPS) is 17.0. The second-order valence-electron chi connectivity index (χ2n) is 7.86. The molecule has 2 aliphatic rings. The zero-order valence-corrected chi connectivity index (χ0v) is 18.7. The number of amides is 2. The minimum absolute atomic E-state index is 0.0766. The monoisotopic (exact) mass is 486 g/mol. The van der Waals surface area contributed by atoms with Crippen LogP contribution in [-0.4, -0.2) is 83.1 Å². The maximum Gasteiger partial charge on any atom is 0.343 e. The number of benzene rings is 1. The summed E-state index contributed by atoms with van der Waals surface area (Å²) < 4.78 is 16.7. The number of pyridine rings is 1. The first-order chi connectivity index (χ1) is 16.8. The van der Waals surface area contributed by atoms with Gasteiger partial charge in [-0.3, -0.25) is 29.1 Å². The topological polar surface area (TPSA) is 151 Å². The summed E-state index contributed by atoms with van der Waals surface area (Å²) >= 11 is 0. The van der Waals surface area contributed by atoms with Gasteiger partial charge in [-0.05, 0) is 12.1 Å². The maximum atomic E-state index is 12.9. The summed E-state index contributed by atoms with van der Waals surface area (Å²) in [5.74, 6) is -0.729. The highest BCUT2D eigenvalue weighted by Gasteiger charge is 2.33. The first-order valence-corrected chi connectivity index (χ1v) is 10.7. The van der Waals surface area contributed by atoms with Crippen molar-refractivity contribution in [2.24, 2.45) is 0 Å². The Morgan fingerprint density at radius 2 is 1.77 bits per heavy atom. The zero-order chi connectivity index (χ0) is 25.1. The molecule has 35 heavy (non-hydrogen) atoms. The first-order valence-electron chi connectivity index (χ1n) is 10.7. The fourth-order valence-corrected chi connectivity index (χ4v) is 3.86. The molecule has 1 unspecified atom stereocenters. The summed E-state index contributed by atoms with van der Waals surface area (Å²) in [5.41, 5.74) is -1.94. The van der Waals surface area contributed by atoms with Gasteiger partial charge in [0.1, 0.15) is 18.7 Å². The SMILES string of the molecule is COC(=O)c1cc([N+](=O)[O-])cn(CC(=O)N2CCN(C(=O)C3COc4ccccc4O3)CC2)c1=O. The van der Waals surface area contributed by atoms with Gasteiger partial charge >= 0.3 is 5.97 Å². The highest BCUT2D eigenvalue weighted by atomic mass is 16.6. The van der Waals surface area contributed by atoms with E-state index in [1.807, 2.05) is 0 Å². The fraction of sp³-hybridized carbons (Fsp3) is 0.364. The van der Waals surface area contributed by atoms with Gasteiger partial charge < -0.3 is 24.0 Å². The van der Waals surface area contributed by atoms with Crippen LogP contribution < -0.4 is 15.0 Å². The molecule has 1 aromatic carbocycles. The molecule has 0 N–H and O–H groups in total. The number of rotatable bonds is 5. The van der Waals surface area contributed by atoms with Crippen LogP contribution in [0.4, 0.5) is 5.69 Å². The van der Waals surface area contributed by atoms with E-state index in [2.05, 4.69) is 4.74 Å². The highest BCUT2D eigenvalue weighted by molar-refractivity contribution is 5.89. The van der Waals surface area contributed by atoms with E-state index in [1.54, 1.807) is 29.2 Å². The molecule has 4 rings (SSSR count). The van der Waals surface area contributed by atoms with Crippen LogP contribution in [0.3, 0.4) is 0 Å².